The van der Waals surface area contributed by atoms with E-state index in [1.165, 1.54) is 51.4 Å². The molecule has 1 unspecified atom stereocenters. The molecule has 0 saturated heterocycles. The van der Waals surface area contributed by atoms with Crippen molar-refractivity contribution in [3.05, 3.63) is 0 Å². The Labute approximate surface area is 114 Å². The van der Waals surface area contributed by atoms with E-state index in [4.69, 9.17) is 0 Å². The Morgan fingerprint density at radius 2 is 1.61 bits per heavy atom. The molecule has 2 rings (SSSR count). The van der Waals surface area contributed by atoms with Crippen LogP contribution in [0, 0.1) is 17.3 Å². The van der Waals surface area contributed by atoms with Crippen molar-refractivity contribution in [1.82, 2.24) is 5.32 Å². The van der Waals surface area contributed by atoms with E-state index in [2.05, 4.69) is 33.0 Å². The number of hydrogen-bond acceptors (Lipinski definition) is 1. The molecular weight excluding hydrogens is 218 g/mol. The van der Waals surface area contributed by atoms with Crippen molar-refractivity contribution in [1.29, 1.82) is 0 Å². The molecule has 1 heteroatoms. The second-order valence-electron chi connectivity index (χ2n) is 7.98. The van der Waals surface area contributed by atoms with Gasteiger partial charge in [0.1, 0.15) is 0 Å². The van der Waals surface area contributed by atoms with E-state index in [-0.39, 0.29) is 0 Å². The fourth-order valence-corrected chi connectivity index (χ4v) is 4.13. The number of hydrogen-bond donors (Lipinski definition) is 1. The standard InChI is InChI=1S/C17H33N/c1-13(2)14-7-9-15(10-8-14)18-16-6-5-11-17(3,4)12-16/h13-16,18H,5-12H2,1-4H3. The monoisotopic (exact) mass is 251 g/mol. The third-order valence-corrected chi connectivity index (χ3v) is 5.39. The summed E-state index contributed by atoms with van der Waals surface area (Å²) in [6.07, 6.45) is 11.4. The summed E-state index contributed by atoms with van der Waals surface area (Å²) in [6.45, 7) is 9.66. The summed E-state index contributed by atoms with van der Waals surface area (Å²) < 4.78 is 0. The predicted molar refractivity (Wildman–Crippen MR) is 79.8 cm³/mol. The average molecular weight is 251 g/mol. The highest BCUT2D eigenvalue weighted by Gasteiger charge is 2.30. The lowest BCUT2D eigenvalue weighted by Crippen LogP contribution is -2.44. The van der Waals surface area contributed by atoms with E-state index in [1.54, 1.807) is 0 Å². The van der Waals surface area contributed by atoms with E-state index in [0.29, 0.717) is 5.41 Å². The summed E-state index contributed by atoms with van der Waals surface area (Å²) >= 11 is 0. The first-order valence-electron chi connectivity index (χ1n) is 8.22. The molecule has 0 bridgehead atoms. The lowest BCUT2D eigenvalue weighted by molar-refractivity contribution is 0.166. The summed E-state index contributed by atoms with van der Waals surface area (Å²) in [5, 5.41) is 3.97. The van der Waals surface area contributed by atoms with Crippen molar-refractivity contribution in [2.24, 2.45) is 17.3 Å². The van der Waals surface area contributed by atoms with Crippen LogP contribution in [0.4, 0.5) is 0 Å². The van der Waals surface area contributed by atoms with Crippen molar-refractivity contribution >= 4 is 0 Å². The van der Waals surface area contributed by atoms with Gasteiger partial charge in [-0.15, -0.1) is 0 Å². The molecule has 0 amide bonds. The summed E-state index contributed by atoms with van der Waals surface area (Å²) in [5.74, 6) is 1.88. The molecule has 0 aliphatic heterocycles. The van der Waals surface area contributed by atoms with Crippen LogP contribution in [0.5, 0.6) is 0 Å². The second kappa shape index (κ2) is 5.94. The topological polar surface area (TPSA) is 12.0 Å². The van der Waals surface area contributed by atoms with Gasteiger partial charge in [-0.2, -0.15) is 0 Å². The Hall–Kier alpha value is -0.0400. The zero-order chi connectivity index (χ0) is 13.2. The molecule has 2 fully saturated rings. The Balaban J connectivity index is 1.74. The molecular formula is C17H33N. The van der Waals surface area contributed by atoms with Crippen LogP contribution in [-0.2, 0) is 0 Å². The van der Waals surface area contributed by atoms with Crippen LogP contribution >= 0.6 is 0 Å². The highest BCUT2D eigenvalue weighted by atomic mass is 15.0. The zero-order valence-electron chi connectivity index (χ0n) is 13.0. The van der Waals surface area contributed by atoms with Crippen molar-refractivity contribution in [3.63, 3.8) is 0 Å². The van der Waals surface area contributed by atoms with Gasteiger partial charge in [0.05, 0.1) is 0 Å². The average Bonchev–Trinajstić information content (AvgIpc) is 2.28. The van der Waals surface area contributed by atoms with Crippen molar-refractivity contribution in [3.8, 4) is 0 Å². The minimum Gasteiger partial charge on any atom is -0.311 e. The Morgan fingerprint density at radius 1 is 0.944 bits per heavy atom. The molecule has 1 nitrogen and oxygen atoms in total. The zero-order valence-corrected chi connectivity index (χ0v) is 13.0. The van der Waals surface area contributed by atoms with Crippen LogP contribution in [0.1, 0.15) is 79.1 Å². The molecule has 0 aromatic carbocycles. The molecule has 2 aliphatic rings. The summed E-state index contributed by atoms with van der Waals surface area (Å²) in [6, 6.07) is 1.62. The van der Waals surface area contributed by atoms with Gasteiger partial charge in [0.15, 0.2) is 0 Å². The molecule has 0 aromatic rings. The summed E-state index contributed by atoms with van der Waals surface area (Å²) in [4.78, 5) is 0. The second-order valence-corrected chi connectivity index (χ2v) is 7.98. The first-order valence-corrected chi connectivity index (χ1v) is 8.22. The van der Waals surface area contributed by atoms with Crippen molar-refractivity contribution < 1.29 is 0 Å². The van der Waals surface area contributed by atoms with Crippen LogP contribution in [0.3, 0.4) is 0 Å². The van der Waals surface area contributed by atoms with Crippen LogP contribution in [0.2, 0.25) is 0 Å². The van der Waals surface area contributed by atoms with E-state index >= 15 is 0 Å². The molecule has 2 aliphatic carbocycles. The fraction of sp³-hybridized carbons (Fsp3) is 1.00. The fourth-order valence-electron chi connectivity index (χ4n) is 4.13. The molecule has 0 aromatic heterocycles. The third-order valence-electron chi connectivity index (χ3n) is 5.39. The van der Waals surface area contributed by atoms with Crippen LogP contribution in [0.15, 0.2) is 0 Å². The Kier molecular flexibility index (Phi) is 4.75. The molecule has 1 atom stereocenters. The smallest absolute Gasteiger partial charge is 0.00747 e. The molecule has 106 valence electrons. The largest absolute Gasteiger partial charge is 0.311 e. The number of rotatable bonds is 3. The van der Waals surface area contributed by atoms with Gasteiger partial charge in [0.25, 0.3) is 0 Å². The summed E-state index contributed by atoms with van der Waals surface area (Å²) in [5.41, 5.74) is 0.574. The first-order chi connectivity index (χ1) is 8.46. The highest BCUT2D eigenvalue weighted by Crippen LogP contribution is 2.36. The van der Waals surface area contributed by atoms with Gasteiger partial charge in [-0.25, -0.2) is 0 Å². The van der Waals surface area contributed by atoms with Crippen LogP contribution in [-0.4, -0.2) is 12.1 Å². The van der Waals surface area contributed by atoms with Crippen LogP contribution < -0.4 is 5.32 Å². The van der Waals surface area contributed by atoms with Crippen molar-refractivity contribution in [2.45, 2.75) is 91.1 Å². The maximum Gasteiger partial charge on any atom is 0.00747 e. The lowest BCUT2D eigenvalue weighted by atomic mass is 9.74. The van der Waals surface area contributed by atoms with Gasteiger partial charge in [0, 0.05) is 12.1 Å². The van der Waals surface area contributed by atoms with Crippen LogP contribution in [0.25, 0.3) is 0 Å². The maximum absolute atomic E-state index is 3.97. The normalized spacial score (nSPS) is 36.8. The minimum absolute atomic E-state index is 0.574. The first kappa shape index (κ1) is 14.4. The van der Waals surface area contributed by atoms with Gasteiger partial charge >= 0.3 is 0 Å². The van der Waals surface area contributed by atoms with E-state index < -0.39 is 0 Å². The van der Waals surface area contributed by atoms with Gasteiger partial charge < -0.3 is 5.32 Å². The van der Waals surface area contributed by atoms with Gasteiger partial charge in [-0.3, -0.25) is 0 Å². The quantitative estimate of drug-likeness (QED) is 0.762. The third kappa shape index (κ3) is 3.98. The Bertz CT molecular complexity index is 248. The van der Waals surface area contributed by atoms with Gasteiger partial charge in [-0.1, -0.05) is 34.1 Å². The molecule has 0 radical (unpaired) electrons. The van der Waals surface area contributed by atoms with Gasteiger partial charge in [0.2, 0.25) is 0 Å². The van der Waals surface area contributed by atoms with Crippen molar-refractivity contribution in [2.75, 3.05) is 0 Å². The maximum atomic E-state index is 3.97. The van der Waals surface area contributed by atoms with E-state index in [9.17, 15) is 0 Å². The Morgan fingerprint density at radius 3 is 2.17 bits per heavy atom. The molecule has 2 saturated carbocycles. The molecule has 18 heavy (non-hydrogen) atoms. The molecule has 1 N–H and O–H groups in total. The summed E-state index contributed by atoms with van der Waals surface area (Å²) in [7, 11) is 0. The number of nitrogens with one attached hydrogen (secondary N) is 1. The lowest BCUT2D eigenvalue weighted by Gasteiger charge is -2.39. The predicted octanol–water partition coefficient (Wildman–Crippen LogP) is 4.76. The van der Waals surface area contributed by atoms with Gasteiger partial charge in [-0.05, 0) is 62.2 Å². The minimum atomic E-state index is 0.574. The van der Waals surface area contributed by atoms with E-state index in [1.807, 2.05) is 0 Å². The molecule has 0 spiro atoms. The van der Waals surface area contributed by atoms with E-state index in [0.717, 1.165) is 23.9 Å². The highest BCUT2D eigenvalue weighted by molar-refractivity contribution is 4.87. The SMILES string of the molecule is CC(C)C1CCC(NC2CCCC(C)(C)C2)CC1. The molecule has 0 heterocycles.